The summed E-state index contributed by atoms with van der Waals surface area (Å²) in [6, 6.07) is 18.4. The fourth-order valence-corrected chi connectivity index (χ4v) is 2.60. The molecule has 0 radical (unpaired) electrons. The second-order valence-corrected chi connectivity index (χ2v) is 5.10. The molecule has 19 heavy (non-hydrogen) atoms. The first-order valence-electron chi connectivity index (χ1n) is 6.56. The van der Waals surface area contributed by atoms with Crippen LogP contribution in [-0.4, -0.2) is 9.67 Å². The van der Waals surface area contributed by atoms with Crippen LogP contribution >= 0.6 is 0 Å². The first kappa shape index (κ1) is 11.8. The third-order valence-electron chi connectivity index (χ3n) is 3.41. The van der Waals surface area contributed by atoms with Crippen molar-refractivity contribution in [2.75, 3.05) is 0 Å². The van der Waals surface area contributed by atoms with Crippen LogP contribution < -0.4 is 0 Å². The van der Waals surface area contributed by atoms with Gasteiger partial charge in [0.05, 0.1) is 5.52 Å². The van der Waals surface area contributed by atoms with Gasteiger partial charge in [-0.2, -0.15) is 0 Å². The van der Waals surface area contributed by atoms with Crippen LogP contribution in [0.2, 0.25) is 0 Å². The lowest BCUT2D eigenvalue weighted by Gasteiger charge is -2.15. The van der Waals surface area contributed by atoms with E-state index in [1.54, 1.807) is 6.07 Å². The number of phenols is 1. The lowest BCUT2D eigenvalue weighted by atomic mass is 10.1. The maximum absolute atomic E-state index is 9.70. The van der Waals surface area contributed by atoms with E-state index in [4.69, 9.17) is 0 Å². The lowest BCUT2D eigenvalue weighted by Crippen LogP contribution is -2.02. The van der Waals surface area contributed by atoms with Crippen molar-refractivity contribution < 1.29 is 5.11 Å². The monoisotopic (exact) mass is 251 g/mol. The first-order valence-corrected chi connectivity index (χ1v) is 6.56. The summed E-state index contributed by atoms with van der Waals surface area (Å²) in [5.41, 5.74) is 3.47. The van der Waals surface area contributed by atoms with Gasteiger partial charge in [-0.3, -0.25) is 0 Å². The van der Waals surface area contributed by atoms with Gasteiger partial charge in [0.2, 0.25) is 0 Å². The molecule has 96 valence electrons. The predicted octanol–water partition coefficient (Wildman–Crippen LogP) is 4.59. The Labute approximate surface area is 112 Å². The summed E-state index contributed by atoms with van der Waals surface area (Å²) in [4.78, 5) is 0. The smallest absolute Gasteiger partial charge is 0.117 e. The Morgan fingerprint density at radius 3 is 2.37 bits per heavy atom. The maximum Gasteiger partial charge on any atom is 0.117 e. The van der Waals surface area contributed by atoms with Gasteiger partial charge in [-0.15, -0.1) is 0 Å². The zero-order chi connectivity index (χ0) is 13.4. The molecule has 0 bridgehead atoms. The Kier molecular flexibility index (Phi) is 2.79. The van der Waals surface area contributed by atoms with Crippen molar-refractivity contribution in [3.63, 3.8) is 0 Å². The predicted molar refractivity (Wildman–Crippen MR) is 79.4 cm³/mol. The van der Waals surface area contributed by atoms with E-state index in [1.807, 2.05) is 18.2 Å². The second kappa shape index (κ2) is 4.47. The van der Waals surface area contributed by atoms with Crippen LogP contribution in [0.5, 0.6) is 5.75 Å². The Morgan fingerprint density at radius 2 is 1.68 bits per heavy atom. The molecule has 0 amide bonds. The molecule has 0 saturated heterocycles. The van der Waals surface area contributed by atoms with Crippen molar-refractivity contribution in [2.45, 2.75) is 19.9 Å². The van der Waals surface area contributed by atoms with Gasteiger partial charge in [0.15, 0.2) is 0 Å². The van der Waals surface area contributed by atoms with Gasteiger partial charge in [-0.25, -0.2) is 0 Å². The molecule has 0 aliphatic carbocycles. The van der Waals surface area contributed by atoms with Gasteiger partial charge >= 0.3 is 0 Å². The zero-order valence-electron chi connectivity index (χ0n) is 11.2. The van der Waals surface area contributed by atoms with E-state index < -0.39 is 0 Å². The van der Waals surface area contributed by atoms with Gasteiger partial charge in [0.1, 0.15) is 5.75 Å². The van der Waals surface area contributed by atoms with Gasteiger partial charge < -0.3 is 9.67 Å². The Bertz CT molecular complexity index is 711. The summed E-state index contributed by atoms with van der Waals surface area (Å²) in [5, 5.41) is 10.9. The zero-order valence-corrected chi connectivity index (χ0v) is 11.2. The topological polar surface area (TPSA) is 25.2 Å². The average molecular weight is 251 g/mol. The number of fused-ring (bicyclic) bond motifs is 1. The van der Waals surface area contributed by atoms with Crippen molar-refractivity contribution in [3.05, 3.63) is 54.6 Å². The molecule has 0 fully saturated rings. The molecule has 2 heteroatoms. The van der Waals surface area contributed by atoms with E-state index in [0.717, 1.165) is 10.9 Å². The highest BCUT2D eigenvalue weighted by atomic mass is 16.3. The number of hydrogen-bond donors (Lipinski definition) is 1. The van der Waals surface area contributed by atoms with Crippen molar-refractivity contribution >= 4 is 10.9 Å². The molecule has 0 atom stereocenters. The van der Waals surface area contributed by atoms with Crippen LogP contribution in [0.3, 0.4) is 0 Å². The van der Waals surface area contributed by atoms with Crippen molar-refractivity contribution in [3.8, 4) is 17.0 Å². The van der Waals surface area contributed by atoms with Gasteiger partial charge in [-0.1, -0.05) is 30.3 Å². The van der Waals surface area contributed by atoms with Gasteiger partial charge in [0, 0.05) is 23.2 Å². The molecular formula is C17H17NO. The quantitative estimate of drug-likeness (QED) is 0.707. The number of aromatic hydroxyl groups is 1. The Morgan fingerprint density at radius 1 is 0.947 bits per heavy atom. The second-order valence-electron chi connectivity index (χ2n) is 5.10. The number of rotatable bonds is 2. The lowest BCUT2D eigenvalue weighted by molar-refractivity contribution is 0.475. The average Bonchev–Trinajstić information content (AvgIpc) is 2.78. The molecule has 0 aliphatic rings. The number of hydrogen-bond acceptors (Lipinski definition) is 1. The SMILES string of the molecule is CC(C)n1c(-c2ccccc2)cc2ccc(O)cc21. The molecule has 3 aromatic rings. The molecular weight excluding hydrogens is 234 g/mol. The summed E-state index contributed by atoms with van der Waals surface area (Å²) >= 11 is 0. The van der Waals surface area contributed by atoms with Gasteiger partial charge in [-0.05, 0) is 37.6 Å². The first-order chi connectivity index (χ1) is 9.16. The minimum atomic E-state index is 0.312. The Hall–Kier alpha value is -2.22. The number of aromatic nitrogens is 1. The summed E-state index contributed by atoms with van der Waals surface area (Å²) in [6.07, 6.45) is 0. The molecule has 0 aliphatic heterocycles. The molecule has 1 N–H and O–H groups in total. The van der Waals surface area contributed by atoms with Crippen molar-refractivity contribution in [1.82, 2.24) is 4.57 Å². The number of phenolic OH excluding ortho intramolecular Hbond substituents is 1. The summed E-state index contributed by atoms with van der Waals surface area (Å²) < 4.78 is 2.27. The molecule has 2 aromatic carbocycles. The van der Waals surface area contributed by atoms with Crippen LogP contribution in [0, 0.1) is 0 Å². The van der Waals surface area contributed by atoms with Crippen molar-refractivity contribution in [2.24, 2.45) is 0 Å². The molecule has 0 spiro atoms. The van der Waals surface area contributed by atoms with E-state index in [-0.39, 0.29) is 0 Å². The third kappa shape index (κ3) is 1.99. The molecule has 0 saturated carbocycles. The van der Waals surface area contributed by atoms with Crippen LogP contribution in [0.4, 0.5) is 0 Å². The van der Waals surface area contributed by atoms with Crippen LogP contribution in [0.25, 0.3) is 22.2 Å². The fourth-order valence-electron chi connectivity index (χ4n) is 2.60. The largest absolute Gasteiger partial charge is 0.508 e. The standard InChI is InChI=1S/C17H17NO/c1-12(2)18-16(13-6-4-3-5-7-13)10-14-8-9-15(19)11-17(14)18/h3-12,19H,1-2H3. The molecule has 0 unspecified atom stereocenters. The summed E-state index contributed by atoms with van der Waals surface area (Å²) in [6.45, 7) is 4.33. The van der Waals surface area contributed by atoms with E-state index in [2.05, 4.69) is 48.7 Å². The van der Waals surface area contributed by atoms with Crippen LogP contribution in [-0.2, 0) is 0 Å². The number of benzene rings is 2. The minimum absolute atomic E-state index is 0.312. The number of nitrogens with zero attached hydrogens (tertiary/aromatic N) is 1. The van der Waals surface area contributed by atoms with Crippen molar-refractivity contribution in [1.29, 1.82) is 0 Å². The molecule has 1 aromatic heterocycles. The van der Waals surface area contributed by atoms with E-state index >= 15 is 0 Å². The van der Waals surface area contributed by atoms with Gasteiger partial charge in [0.25, 0.3) is 0 Å². The highest BCUT2D eigenvalue weighted by molar-refractivity contribution is 5.88. The van der Waals surface area contributed by atoms with E-state index in [0.29, 0.717) is 11.8 Å². The van der Waals surface area contributed by atoms with Crippen LogP contribution in [0.15, 0.2) is 54.6 Å². The van der Waals surface area contributed by atoms with Crippen LogP contribution in [0.1, 0.15) is 19.9 Å². The molecule has 2 nitrogen and oxygen atoms in total. The third-order valence-corrected chi connectivity index (χ3v) is 3.41. The van der Waals surface area contributed by atoms with E-state index in [9.17, 15) is 5.11 Å². The highest BCUT2D eigenvalue weighted by Gasteiger charge is 2.13. The maximum atomic E-state index is 9.70. The molecule has 1 heterocycles. The Balaban J connectivity index is 2.33. The van der Waals surface area contributed by atoms with E-state index in [1.165, 1.54) is 11.3 Å². The normalized spacial score (nSPS) is 11.3. The highest BCUT2D eigenvalue weighted by Crippen LogP contribution is 2.32. The summed E-state index contributed by atoms with van der Waals surface area (Å²) in [5.74, 6) is 0.312. The fraction of sp³-hybridized carbons (Fsp3) is 0.176. The minimum Gasteiger partial charge on any atom is -0.508 e. The summed E-state index contributed by atoms with van der Waals surface area (Å²) in [7, 11) is 0. The molecule has 3 rings (SSSR count).